The van der Waals surface area contributed by atoms with Crippen LogP contribution in [0.4, 0.5) is 0 Å². The van der Waals surface area contributed by atoms with Gasteiger partial charge in [0.25, 0.3) is 0 Å². The minimum atomic E-state index is -0.379. The van der Waals surface area contributed by atoms with Gasteiger partial charge in [0.15, 0.2) is 0 Å². The third kappa shape index (κ3) is 3.74. The van der Waals surface area contributed by atoms with Crippen LogP contribution in [0.5, 0.6) is 0 Å². The molecule has 0 bridgehead atoms. The SMILES string of the molecule is COC(C)(C)CC(O)Cc1nccs1. The molecule has 1 unspecified atom stereocenters. The Hall–Kier alpha value is -0.450. The van der Waals surface area contributed by atoms with Crippen molar-refractivity contribution in [1.82, 2.24) is 4.98 Å². The molecule has 0 radical (unpaired) electrons. The molecule has 1 atom stereocenters. The molecule has 0 saturated heterocycles. The average molecular weight is 215 g/mol. The van der Waals surface area contributed by atoms with E-state index < -0.39 is 0 Å². The zero-order chi connectivity index (χ0) is 10.6. The van der Waals surface area contributed by atoms with Crippen molar-refractivity contribution in [3.63, 3.8) is 0 Å². The van der Waals surface area contributed by atoms with Crippen molar-refractivity contribution in [2.75, 3.05) is 7.11 Å². The molecule has 0 aliphatic rings. The van der Waals surface area contributed by atoms with Gasteiger partial charge in [-0.3, -0.25) is 0 Å². The Labute approximate surface area is 88.8 Å². The summed E-state index contributed by atoms with van der Waals surface area (Å²) >= 11 is 1.57. The van der Waals surface area contributed by atoms with Gasteiger partial charge < -0.3 is 9.84 Å². The predicted octanol–water partition coefficient (Wildman–Crippen LogP) is 1.86. The number of aliphatic hydroxyl groups excluding tert-OH is 1. The van der Waals surface area contributed by atoms with Crippen molar-refractivity contribution < 1.29 is 9.84 Å². The Bertz CT molecular complexity index is 259. The van der Waals surface area contributed by atoms with E-state index in [4.69, 9.17) is 4.74 Å². The molecule has 1 aromatic rings. The van der Waals surface area contributed by atoms with Crippen molar-refractivity contribution in [3.05, 3.63) is 16.6 Å². The number of aromatic nitrogens is 1. The Kier molecular flexibility index (Phi) is 4.04. The summed E-state index contributed by atoms with van der Waals surface area (Å²) in [6.45, 7) is 3.94. The summed E-state index contributed by atoms with van der Waals surface area (Å²) in [4.78, 5) is 4.13. The monoisotopic (exact) mass is 215 g/mol. The van der Waals surface area contributed by atoms with Crippen molar-refractivity contribution in [2.45, 2.75) is 38.4 Å². The lowest BCUT2D eigenvalue weighted by Crippen LogP contribution is -2.29. The Morgan fingerprint density at radius 1 is 1.64 bits per heavy atom. The molecule has 1 heterocycles. The molecule has 0 aliphatic carbocycles. The molecule has 0 saturated carbocycles. The lowest BCUT2D eigenvalue weighted by molar-refractivity contribution is -0.0190. The fourth-order valence-electron chi connectivity index (χ4n) is 1.28. The van der Waals surface area contributed by atoms with Crippen LogP contribution in [0.2, 0.25) is 0 Å². The van der Waals surface area contributed by atoms with E-state index in [1.807, 2.05) is 19.2 Å². The zero-order valence-electron chi connectivity index (χ0n) is 8.86. The molecule has 0 spiro atoms. The summed E-state index contributed by atoms with van der Waals surface area (Å²) in [6, 6.07) is 0. The average Bonchev–Trinajstić information content (AvgIpc) is 2.55. The van der Waals surface area contributed by atoms with E-state index in [1.54, 1.807) is 24.6 Å². The van der Waals surface area contributed by atoms with E-state index in [1.165, 1.54) is 0 Å². The number of thiazole rings is 1. The molecule has 1 N–H and O–H groups in total. The van der Waals surface area contributed by atoms with Gasteiger partial charge >= 0.3 is 0 Å². The fourth-order valence-corrected chi connectivity index (χ4v) is 1.97. The second kappa shape index (κ2) is 4.87. The quantitative estimate of drug-likeness (QED) is 0.815. The van der Waals surface area contributed by atoms with Gasteiger partial charge in [-0.1, -0.05) is 0 Å². The van der Waals surface area contributed by atoms with E-state index in [0.29, 0.717) is 12.8 Å². The summed E-state index contributed by atoms with van der Waals surface area (Å²) < 4.78 is 5.25. The van der Waals surface area contributed by atoms with Gasteiger partial charge in [0.05, 0.1) is 16.7 Å². The maximum absolute atomic E-state index is 9.77. The predicted molar refractivity (Wildman–Crippen MR) is 57.5 cm³/mol. The van der Waals surface area contributed by atoms with Crippen LogP contribution in [0, 0.1) is 0 Å². The number of nitrogens with zero attached hydrogens (tertiary/aromatic N) is 1. The topological polar surface area (TPSA) is 42.4 Å². The van der Waals surface area contributed by atoms with Crippen LogP contribution in [0.1, 0.15) is 25.3 Å². The molecular formula is C10H17NO2S. The highest BCUT2D eigenvalue weighted by atomic mass is 32.1. The van der Waals surface area contributed by atoms with Gasteiger partial charge in [0, 0.05) is 31.5 Å². The summed E-state index contributed by atoms with van der Waals surface area (Å²) in [5.74, 6) is 0. The van der Waals surface area contributed by atoms with Crippen LogP contribution in [-0.4, -0.2) is 28.9 Å². The highest BCUT2D eigenvalue weighted by Gasteiger charge is 2.21. The second-order valence-corrected chi connectivity index (χ2v) is 4.93. The van der Waals surface area contributed by atoms with Crippen molar-refractivity contribution in [2.24, 2.45) is 0 Å². The number of hydrogen-bond acceptors (Lipinski definition) is 4. The summed E-state index contributed by atoms with van der Waals surface area (Å²) in [6.07, 6.45) is 2.62. The Morgan fingerprint density at radius 2 is 2.36 bits per heavy atom. The van der Waals surface area contributed by atoms with Gasteiger partial charge in [-0.2, -0.15) is 0 Å². The van der Waals surface area contributed by atoms with E-state index >= 15 is 0 Å². The van der Waals surface area contributed by atoms with Crippen molar-refractivity contribution >= 4 is 11.3 Å². The van der Waals surface area contributed by atoms with Gasteiger partial charge in [0.2, 0.25) is 0 Å². The summed E-state index contributed by atoms with van der Waals surface area (Å²) in [5.41, 5.74) is -0.267. The molecule has 0 aliphatic heterocycles. The van der Waals surface area contributed by atoms with E-state index in [-0.39, 0.29) is 11.7 Å². The molecule has 3 nitrogen and oxygen atoms in total. The van der Waals surface area contributed by atoms with Crippen LogP contribution in [-0.2, 0) is 11.2 Å². The minimum Gasteiger partial charge on any atom is -0.393 e. The molecule has 0 fully saturated rings. The minimum absolute atomic E-state index is 0.267. The molecule has 14 heavy (non-hydrogen) atoms. The van der Waals surface area contributed by atoms with Crippen LogP contribution in [0.25, 0.3) is 0 Å². The third-order valence-electron chi connectivity index (χ3n) is 2.17. The molecule has 80 valence electrons. The number of ether oxygens (including phenoxy) is 1. The van der Waals surface area contributed by atoms with E-state index in [2.05, 4.69) is 4.98 Å². The third-order valence-corrected chi connectivity index (χ3v) is 2.98. The molecular weight excluding hydrogens is 198 g/mol. The maximum atomic E-state index is 9.77. The standard InChI is InChI=1S/C10H17NO2S/c1-10(2,13-3)7-8(12)6-9-11-4-5-14-9/h4-5,8,12H,6-7H2,1-3H3. The van der Waals surface area contributed by atoms with E-state index in [0.717, 1.165) is 5.01 Å². The molecule has 0 amide bonds. The fraction of sp³-hybridized carbons (Fsp3) is 0.700. The van der Waals surface area contributed by atoms with E-state index in [9.17, 15) is 5.11 Å². The van der Waals surface area contributed by atoms with Crippen molar-refractivity contribution in [1.29, 1.82) is 0 Å². The van der Waals surface area contributed by atoms with Gasteiger partial charge in [-0.25, -0.2) is 4.98 Å². The molecule has 1 aromatic heterocycles. The molecule has 1 rings (SSSR count). The number of methoxy groups -OCH3 is 1. The number of rotatable bonds is 5. The highest BCUT2D eigenvalue weighted by molar-refractivity contribution is 7.09. The lowest BCUT2D eigenvalue weighted by Gasteiger charge is -2.25. The largest absolute Gasteiger partial charge is 0.393 e. The van der Waals surface area contributed by atoms with Crippen LogP contribution < -0.4 is 0 Å². The van der Waals surface area contributed by atoms with Gasteiger partial charge in [0.1, 0.15) is 0 Å². The first-order valence-corrected chi connectivity index (χ1v) is 5.53. The summed E-state index contributed by atoms with van der Waals surface area (Å²) in [5, 5.41) is 12.7. The van der Waals surface area contributed by atoms with Crippen LogP contribution in [0.15, 0.2) is 11.6 Å². The lowest BCUT2D eigenvalue weighted by atomic mass is 9.99. The Morgan fingerprint density at radius 3 is 2.86 bits per heavy atom. The van der Waals surface area contributed by atoms with Gasteiger partial charge in [-0.05, 0) is 13.8 Å². The first-order chi connectivity index (χ1) is 6.53. The summed E-state index contributed by atoms with van der Waals surface area (Å²) in [7, 11) is 1.66. The highest BCUT2D eigenvalue weighted by Crippen LogP contribution is 2.18. The second-order valence-electron chi connectivity index (χ2n) is 3.95. The zero-order valence-corrected chi connectivity index (χ0v) is 9.67. The van der Waals surface area contributed by atoms with Crippen LogP contribution in [0.3, 0.4) is 0 Å². The van der Waals surface area contributed by atoms with Crippen LogP contribution >= 0.6 is 11.3 Å². The Balaban J connectivity index is 2.40. The first-order valence-electron chi connectivity index (χ1n) is 4.65. The maximum Gasteiger partial charge on any atom is 0.0950 e. The van der Waals surface area contributed by atoms with Gasteiger partial charge in [-0.15, -0.1) is 11.3 Å². The molecule has 0 aromatic carbocycles. The number of aliphatic hydroxyl groups is 1. The molecule has 4 heteroatoms. The normalized spacial score (nSPS) is 14.3. The smallest absolute Gasteiger partial charge is 0.0950 e. The number of hydrogen-bond donors (Lipinski definition) is 1. The first kappa shape index (κ1) is 11.6. The van der Waals surface area contributed by atoms with Crippen molar-refractivity contribution in [3.8, 4) is 0 Å².